The molecule has 0 spiro atoms. The van der Waals surface area contributed by atoms with E-state index in [9.17, 15) is 0 Å². The lowest BCUT2D eigenvalue weighted by Crippen LogP contribution is -2.45. The van der Waals surface area contributed by atoms with E-state index in [1.54, 1.807) is 0 Å². The third-order valence-corrected chi connectivity index (χ3v) is 1.89. The SMILES string of the molecule is CNC1COC(CN(C)C)OC1. The summed E-state index contributed by atoms with van der Waals surface area (Å²) < 4.78 is 10.9. The Labute approximate surface area is 73.8 Å². The first-order valence-corrected chi connectivity index (χ1v) is 4.27. The van der Waals surface area contributed by atoms with E-state index in [1.807, 2.05) is 21.1 Å². The first-order valence-electron chi connectivity index (χ1n) is 4.27. The highest BCUT2D eigenvalue weighted by Gasteiger charge is 2.20. The van der Waals surface area contributed by atoms with Crippen LogP contribution in [0.1, 0.15) is 0 Å². The van der Waals surface area contributed by atoms with Gasteiger partial charge in [-0.15, -0.1) is 0 Å². The molecule has 0 amide bonds. The summed E-state index contributed by atoms with van der Waals surface area (Å²) in [5.74, 6) is 0. The van der Waals surface area contributed by atoms with Crippen molar-refractivity contribution in [3.05, 3.63) is 0 Å². The molecule has 0 bridgehead atoms. The minimum absolute atomic E-state index is 0.0513. The van der Waals surface area contributed by atoms with Gasteiger partial charge in [-0.1, -0.05) is 0 Å². The molecule has 0 aromatic heterocycles. The summed E-state index contributed by atoms with van der Waals surface area (Å²) in [6.07, 6.45) is -0.0513. The van der Waals surface area contributed by atoms with Crippen molar-refractivity contribution in [3.63, 3.8) is 0 Å². The number of nitrogens with one attached hydrogen (secondary N) is 1. The van der Waals surface area contributed by atoms with E-state index >= 15 is 0 Å². The van der Waals surface area contributed by atoms with E-state index < -0.39 is 0 Å². The summed E-state index contributed by atoms with van der Waals surface area (Å²) >= 11 is 0. The first kappa shape index (κ1) is 9.92. The van der Waals surface area contributed by atoms with Gasteiger partial charge in [0.25, 0.3) is 0 Å². The summed E-state index contributed by atoms with van der Waals surface area (Å²) in [6.45, 7) is 2.32. The zero-order valence-corrected chi connectivity index (χ0v) is 8.04. The Hall–Kier alpha value is -0.160. The number of hydrogen-bond acceptors (Lipinski definition) is 4. The van der Waals surface area contributed by atoms with E-state index in [-0.39, 0.29) is 6.29 Å². The van der Waals surface area contributed by atoms with Crippen molar-refractivity contribution < 1.29 is 9.47 Å². The number of rotatable bonds is 3. The molecule has 1 N–H and O–H groups in total. The van der Waals surface area contributed by atoms with E-state index in [0.717, 1.165) is 19.8 Å². The summed E-state index contributed by atoms with van der Waals surface area (Å²) in [5, 5.41) is 3.11. The third-order valence-electron chi connectivity index (χ3n) is 1.89. The molecule has 1 heterocycles. The first-order chi connectivity index (χ1) is 5.72. The second-order valence-electron chi connectivity index (χ2n) is 3.34. The van der Waals surface area contributed by atoms with Crippen LogP contribution in [0, 0.1) is 0 Å². The quantitative estimate of drug-likeness (QED) is 0.626. The molecule has 72 valence electrons. The van der Waals surface area contributed by atoms with Crippen molar-refractivity contribution in [2.24, 2.45) is 0 Å². The van der Waals surface area contributed by atoms with Crippen LogP contribution in [0.3, 0.4) is 0 Å². The van der Waals surface area contributed by atoms with Gasteiger partial charge in [-0.2, -0.15) is 0 Å². The van der Waals surface area contributed by atoms with E-state index in [0.29, 0.717) is 6.04 Å². The van der Waals surface area contributed by atoms with Crippen LogP contribution in [0.25, 0.3) is 0 Å². The molecule has 0 atom stereocenters. The zero-order chi connectivity index (χ0) is 8.97. The van der Waals surface area contributed by atoms with Crippen LogP contribution in [-0.4, -0.2) is 58.1 Å². The normalized spacial score (nSPS) is 31.0. The molecule has 1 saturated heterocycles. The molecule has 0 unspecified atom stereocenters. The Morgan fingerprint density at radius 1 is 1.33 bits per heavy atom. The number of likely N-dealkylation sites (N-methyl/N-ethyl adjacent to an activating group) is 2. The van der Waals surface area contributed by atoms with Crippen LogP contribution in [0.2, 0.25) is 0 Å². The van der Waals surface area contributed by atoms with Crippen LogP contribution in [0.15, 0.2) is 0 Å². The highest BCUT2D eigenvalue weighted by atomic mass is 16.7. The van der Waals surface area contributed by atoms with Gasteiger partial charge in [-0.05, 0) is 21.1 Å². The van der Waals surface area contributed by atoms with Crippen molar-refractivity contribution in [1.82, 2.24) is 10.2 Å². The topological polar surface area (TPSA) is 33.7 Å². The fourth-order valence-electron chi connectivity index (χ4n) is 1.11. The number of hydrogen-bond donors (Lipinski definition) is 1. The maximum atomic E-state index is 5.47. The largest absolute Gasteiger partial charge is 0.350 e. The zero-order valence-electron chi connectivity index (χ0n) is 8.04. The highest BCUT2D eigenvalue weighted by Crippen LogP contribution is 2.05. The Morgan fingerprint density at radius 3 is 2.33 bits per heavy atom. The number of ether oxygens (including phenoxy) is 2. The lowest BCUT2D eigenvalue weighted by molar-refractivity contribution is -0.193. The predicted molar refractivity (Wildman–Crippen MR) is 47.1 cm³/mol. The second kappa shape index (κ2) is 4.77. The van der Waals surface area contributed by atoms with E-state index in [1.165, 1.54) is 0 Å². The van der Waals surface area contributed by atoms with Crippen molar-refractivity contribution in [1.29, 1.82) is 0 Å². The van der Waals surface area contributed by atoms with Crippen LogP contribution >= 0.6 is 0 Å². The van der Waals surface area contributed by atoms with Gasteiger partial charge < -0.3 is 19.7 Å². The minimum Gasteiger partial charge on any atom is -0.350 e. The fourth-order valence-corrected chi connectivity index (χ4v) is 1.11. The van der Waals surface area contributed by atoms with Crippen molar-refractivity contribution in [3.8, 4) is 0 Å². The Bertz CT molecular complexity index is 122. The van der Waals surface area contributed by atoms with Crippen LogP contribution in [-0.2, 0) is 9.47 Å². The van der Waals surface area contributed by atoms with Gasteiger partial charge in [0.05, 0.1) is 19.3 Å². The molecule has 0 saturated carbocycles. The Balaban J connectivity index is 2.17. The molecule has 0 aromatic carbocycles. The van der Waals surface area contributed by atoms with Gasteiger partial charge in [-0.3, -0.25) is 0 Å². The molecule has 1 rings (SSSR count). The average molecular weight is 174 g/mol. The summed E-state index contributed by atoms with van der Waals surface area (Å²) in [6, 6.07) is 0.350. The molecule has 4 nitrogen and oxygen atoms in total. The molecular formula is C8H18N2O2. The van der Waals surface area contributed by atoms with Gasteiger partial charge >= 0.3 is 0 Å². The molecule has 0 aromatic rings. The van der Waals surface area contributed by atoms with E-state index in [2.05, 4.69) is 10.2 Å². The summed E-state index contributed by atoms with van der Waals surface area (Å²) in [7, 11) is 5.94. The Kier molecular flexibility index (Phi) is 3.94. The molecule has 4 heteroatoms. The molecule has 1 aliphatic heterocycles. The minimum atomic E-state index is -0.0513. The van der Waals surface area contributed by atoms with Gasteiger partial charge in [0, 0.05) is 6.54 Å². The maximum Gasteiger partial charge on any atom is 0.170 e. The lowest BCUT2D eigenvalue weighted by Gasteiger charge is -2.30. The van der Waals surface area contributed by atoms with Crippen molar-refractivity contribution >= 4 is 0 Å². The molecule has 1 aliphatic rings. The highest BCUT2D eigenvalue weighted by molar-refractivity contribution is 4.68. The van der Waals surface area contributed by atoms with Gasteiger partial charge in [0.1, 0.15) is 0 Å². The van der Waals surface area contributed by atoms with E-state index in [4.69, 9.17) is 9.47 Å². The third kappa shape index (κ3) is 3.06. The Morgan fingerprint density at radius 2 is 1.92 bits per heavy atom. The summed E-state index contributed by atoms with van der Waals surface area (Å²) in [5.41, 5.74) is 0. The van der Waals surface area contributed by atoms with Gasteiger partial charge in [-0.25, -0.2) is 0 Å². The monoisotopic (exact) mass is 174 g/mol. The second-order valence-corrected chi connectivity index (χ2v) is 3.34. The lowest BCUT2D eigenvalue weighted by atomic mass is 10.3. The van der Waals surface area contributed by atoms with Crippen LogP contribution < -0.4 is 5.32 Å². The fraction of sp³-hybridized carbons (Fsp3) is 1.00. The molecular weight excluding hydrogens is 156 g/mol. The van der Waals surface area contributed by atoms with Crippen LogP contribution in [0.5, 0.6) is 0 Å². The molecule has 1 fully saturated rings. The maximum absolute atomic E-state index is 5.47. The molecule has 0 radical (unpaired) electrons. The summed E-state index contributed by atoms with van der Waals surface area (Å²) in [4.78, 5) is 2.06. The molecule has 12 heavy (non-hydrogen) atoms. The molecule has 0 aliphatic carbocycles. The van der Waals surface area contributed by atoms with Gasteiger partial charge in [0.2, 0.25) is 0 Å². The number of nitrogens with zero attached hydrogens (tertiary/aromatic N) is 1. The van der Waals surface area contributed by atoms with Gasteiger partial charge in [0.15, 0.2) is 6.29 Å². The average Bonchev–Trinajstić information content (AvgIpc) is 2.05. The smallest absolute Gasteiger partial charge is 0.170 e. The standard InChI is InChI=1S/C8H18N2O2/c1-9-7-5-11-8(12-6-7)4-10(2)3/h7-9H,4-6H2,1-3H3. The van der Waals surface area contributed by atoms with Crippen molar-refractivity contribution in [2.75, 3.05) is 40.9 Å². The van der Waals surface area contributed by atoms with Crippen molar-refractivity contribution in [2.45, 2.75) is 12.3 Å². The van der Waals surface area contributed by atoms with Crippen LogP contribution in [0.4, 0.5) is 0 Å². The predicted octanol–water partition coefficient (Wildman–Crippen LogP) is -0.491.